The Balaban J connectivity index is 2.64. The van der Waals surface area contributed by atoms with Crippen molar-refractivity contribution in [2.24, 2.45) is 0 Å². The largest absolute Gasteiger partial charge is 0.476 e. The molecule has 21 heavy (non-hydrogen) atoms. The van der Waals surface area contributed by atoms with Crippen LogP contribution in [0.5, 0.6) is 0 Å². The average molecular weight is 309 g/mol. The van der Waals surface area contributed by atoms with Gasteiger partial charge in [0.05, 0.1) is 17.7 Å². The number of aromatic carboxylic acids is 1. The zero-order valence-corrected chi connectivity index (χ0v) is 11.5. The first-order chi connectivity index (χ1) is 9.97. The predicted octanol–water partition coefficient (Wildman–Crippen LogP) is 1.78. The van der Waals surface area contributed by atoms with Gasteiger partial charge < -0.3 is 9.84 Å². The lowest BCUT2D eigenvalue weighted by Gasteiger charge is -2.04. The third-order valence-electron chi connectivity index (χ3n) is 2.70. The topological polar surface area (TPSA) is 109 Å². The van der Waals surface area contributed by atoms with E-state index < -0.39 is 23.4 Å². The van der Waals surface area contributed by atoms with Gasteiger partial charge in [-0.15, -0.1) is 0 Å². The molecule has 0 aliphatic carbocycles. The number of carbonyl (C=O) groups excluding carboxylic acids is 2. The summed E-state index contributed by atoms with van der Waals surface area (Å²) < 4.78 is 4.50. The molecule has 8 heteroatoms. The Bertz CT molecular complexity index is 738. The van der Waals surface area contributed by atoms with E-state index in [4.69, 9.17) is 16.7 Å². The second-order valence-corrected chi connectivity index (χ2v) is 4.34. The molecular weight excluding hydrogens is 300 g/mol. The number of carbonyl (C=O) groups is 3. The van der Waals surface area contributed by atoms with Gasteiger partial charge in [0.25, 0.3) is 0 Å². The summed E-state index contributed by atoms with van der Waals surface area (Å²) in [4.78, 5) is 35.2. The van der Waals surface area contributed by atoms with Crippen molar-refractivity contribution < 1.29 is 24.2 Å². The molecule has 7 nitrogen and oxygen atoms in total. The molecule has 108 valence electrons. The third-order valence-corrected chi connectivity index (χ3v) is 3.03. The lowest BCUT2D eigenvalue weighted by Crippen LogP contribution is -2.14. The summed E-state index contributed by atoms with van der Waals surface area (Å²) in [6, 6.07) is 6.09. The molecule has 0 radical (unpaired) electrons. The van der Waals surface area contributed by atoms with Gasteiger partial charge in [0.2, 0.25) is 0 Å². The van der Waals surface area contributed by atoms with Crippen molar-refractivity contribution >= 4 is 29.3 Å². The number of halogens is 1. The molecule has 0 atom stereocenters. The van der Waals surface area contributed by atoms with E-state index in [1.807, 2.05) is 0 Å². The SMILES string of the molecule is COC(=O)c1[nH]nc(C(=O)O)c1C(=O)c1ccccc1Cl. The van der Waals surface area contributed by atoms with Crippen LogP contribution in [0.4, 0.5) is 0 Å². The Morgan fingerprint density at radius 2 is 1.95 bits per heavy atom. The standard InChI is InChI=1S/C13H9ClN2O5/c1-21-13(20)10-8(9(12(18)19)15-16-10)11(17)6-4-2-3-5-7(6)14/h2-5H,1H3,(H,15,16)(H,18,19). The summed E-state index contributed by atoms with van der Waals surface area (Å²) in [5.74, 6) is -3.07. The highest BCUT2D eigenvalue weighted by Crippen LogP contribution is 2.23. The molecule has 1 aromatic carbocycles. The van der Waals surface area contributed by atoms with Gasteiger partial charge in [0.1, 0.15) is 0 Å². The van der Waals surface area contributed by atoms with Gasteiger partial charge >= 0.3 is 11.9 Å². The summed E-state index contributed by atoms with van der Waals surface area (Å²) in [7, 11) is 1.10. The minimum Gasteiger partial charge on any atom is -0.476 e. The second-order valence-electron chi connectivity index (χ2n) is 3.93. The number of aromatic amines is 1. The molecule has 1 aromatic heterocycles. The third kappa shape index (κ3) is 2.63. The molecule has 2 rings (SSSR count). The van der Waals surface area contributed by atoms with Crippen molar-refractivity contribution in [3.05, 3.63) is 51.8 Å². The van der Waals surface area contributed by atoms with E-state index in [-0.39, 0.29) is 21.8 Å². The summed E-state index contributed by atoms with van der Waals surface area (Å²) in [6.07, 6.45) is 0. The highest BCUT2D eigenvalue weighted by atomic mass is 35.5. The van der Waals surface area contributed by atoms with E-state index >= 15 is 0 Å². The quantitative estimate of drug-likeness (QED) is 0.658. The average Bonchev–Trinajstić information content (AvgIpc) is 2.91. The molecule has 0 amide bonds. The van der Waals surface area contributed by atoms with E-state index in [2.05, 4.69) is 14.9 Å². The van der Waals surface area contributed by atoms with Crippen LogP contribution in [0.1, 0.15) is 36.9 Å². The van der Waals surface area contributed by atoms with Gasteiger partial charge in [-0.1, -0.05) is 23.7 Å². The Labute approximate surface area is 123 Å². The summed E-state index contributed by atoms with van der Waals surface area (Å²) >= 11 is 5.92. The molecule has 2 N–H and O–H groups in total. The number of rotatable bonds is 4. The molecule has 0 spiro atoms. The maximum atomic E-state index is 12.5. The summed E-state index contributed by atoms with van der Waals surface area (Å²) in [6.45, 7) is 0. The van der Waals surface area contributed by atoms with Crippen molar-refractivity contribution in [2.75, 3.05) is 7.11 Å². The number of aromatic nitrogens is 2. The number of nitrogens with zero attached hydrogens (tertiary/aromatic N) is 1. The highest BCUT2D eigenvalue weighted by Gasteiger charge is 2.30. The van der Waals surface area contributed by atoms with Crippen molar-refractivity contribution in [1.29, 1.82) is 0 Å². The Morgan fingerprint density at radius 1 is 1.29 bits per heavy atom. The number of hydrogen-bond acceptors (Lipinski definition) is 5. The van der Waals surface area contributed by atoms with Crippen LogP contribution < -0.4 is 0 Å². The van der Waals surface area contributed by atoms with E-state index in [0.717, 1.165) is 7.11 Å². The van der Waals surface area contributed by atoms with Crippen LogP contribution in [-0.2, 0) is 4.74 Å². The number of esters is 1. The molecular formula is C13H9ClN2O5. The fraction of sp³-hybridized carbons (Fsp3) is 0.0769. The van der Waals surface area contributed by atoms with E-state index in [9.17, 15) is 14.4 Å². The van der Waals surface area contributed by atoms with Crippen LogP contribution >= 0.6 is 11.6 Å². The van der Waals surface area contributed by atoms with Crippen molar-refractivity contribution in [2.45, 2.75) is 0 Å². The molecule has 0 aliphatic heterocycles. The van der Waals surface area contributed by atoms with Gasteiger partial charge in [-0.3, -0.25) is 9.89 Å². The molecule has 0 saturated carbocycles. The van der Waals surface area contributed by atoms with E-state index in [1.54, 1.807) is 12.1 Å². The van der Waals surface area contributed by atoms with Gasteiger partial charge in [-0.25, -0.2) is 9.59 Å². The molecule has 1 heterocycles. The molecule has 2 aromatic rings. The number of carboxylic acid groups (broad SMARTS) is 1. The van der Waals surface area contributed by atoms with Gasteiger partial charge in [-0.05, 0) is 12.1 Å². The number of benzene rings is 1. The second kappa shape index (κ2) is 5.76. The summed E-state index contributed by atoms with van der Waals surface area (Å²) in [5.41, 5.74) is -1.23. The molecule has 0 fully saturated rings. The number of methoxy groups -OCH3 is 1. The maximum absolute atomic E-state index is 12.5. The van der Waals surface area contributed by atoms with Crippen LogP contribution in [-0.4, -0.2) is 40.1 Å². The van der Waals surface area contributed by atoms with Crippen LogP contribution in [0.15, 0.2) is 24.3 Å². The van der Waals surface area contributed by atoms with E-state index in [0.29, 0.717) is 0 Å². The zero-order chi connectivity index (χ0) is 15.6. The summed E-state index contributed by atoms with van der Waals surface area (Å²) in [5, 5.41) is 14.9. The van der Waals surface area contributed by atoms with Crippen LogP contribution in [0.3, 0.4) is 0 Å². The Kier molecular flexibility index (Phi) is 4.04. The number of ether oxygens (including phenoxy) is 1. The number of carboxylic acids is 1. The van der Waals surface area contributed by atoms with E-state index in [1.165, 1.54) is 12.1 Å². The molecule has 0 aliphatic rings. The predicted molar refractivity (Wildman–Crippen MR) is 71.8 cm³/mol. The first-order valence-corrected chi connectivity index (χ1v) is 6.04. The molecule has 0 saturated heterocycles. The van der Waals surface area contributed by atoms with Crippen LogP contribution in [0, 0.1) is 0 Å². The van der Waals surface area contributed by atoms with Gasteiger partial charge in [0.15, 0.2) is 17.2 Å². The zero-order valence-electron chi connectivity index (χ0n) is 10.7. The number of nitrogens with one attached hydrogen (secondary N) is 1. The maximum Gasteiger partial charge on any atom is 0.357 e. The minimum absolute atomic E-state index is 0.0632. The number of ketones is 1. The van der Waals surface area contributed by atoms with Crippen molar-refractivity contribution in [3.8, 4) is 0 Å². The smallest absolute Gasteiger partial charge is 0.357 e. The fourth-order valence-corrected chi connectivity index (χ4v) is 1.97. The lowest BCUT2D eigenvalue weighted by atomic mass is 10.0. The normalized spacial score (nSPS) is 10.2. The minimum atomic E-state index is -1.45. The van der Waals surface area contributed by atoms with Crippen molar-refractivity contribution in [3.63, 3.8) is 0 Å². The van der Waals surface area contributed by atoms with Gasteiger partial charge in [-0.2, -0.15) is 5.10 Å². The highest BCUT2D eigenvalue weighted by molar-refractivity contribution is 6.35. The van der Waals surface area contributed by atoms with Crippen LogP contribution in [0.25, 0.3) is 0 Å². The Hall–Kier alpha value is -2.67. The molecule has 0 unspecified atom stereocenters. The van der Waals surface area contributed by atoms with Gasteiger partial charge in [0, 0.05) is 5.56 Å². The first-order valence-electron chi connectivity index (χ1n) is 5.66. The fourth-order valence-electron chi connectivity index (χ4n) is 1.75. The molecule has 0 bridgehead atoms. The first kappa shape index (κ1) is 14.7. The lowest BCUT2D eigenvalue weighted by molar-refractivity contribution is 0.0590. The Morgan fingerprint density at radius 3 is 2.52 bits per heavy atom. The van der Waals surface area contributed by atoms with Crippen LogP contribution in [0.2, 0.25) is 5.02 Å². The number of H-pyrrole nitrogens is 1. The van der Waals surface area contributed by atoms with Crippen molar-refractivity contribution in [1.82, 2.24) is 10.2 Å². The monoisotopic (exact) mass is 308 g/mol. The number of hydrogen-bond donors (Lipinski definition) is 2.